The van der Waals surface area contributed by atoms with E-state index in [2.05, 4.69) is 0 Å². The van der Waals surface area contributed by atoms with Gasteiger partial charge in [-0.05, 0) is 38.2 Å². The number of allylic oxidation sites excluding steroid dienone is 4. The molecule has 7 heteroatoms. The molecular formula is C25H26O7. The average molecular weight is 438 g/mol. The Morgan fingerprint density at radius 3 is 2.28 bits per heavy atom. The van der Waals surface area contributed by atoms with Crippen molar-refractivity contribution >= 4 is 23.5 Å². The molecule has 7 nitrogen and oxygen atoms in total. The molecule has 0 N–H and O–H groups in total. The van der Waals surface area contributed by atoms with Crippen molar-refractivity contribution in [2.75, 3.05) is 14.2 Å². The van der Waals surface area contributed by atoms with Crippen molar-refractivity contribution in [2.45, 2.75) is 39.5 Å². The smallest absolute Gasteiger partial charge is 0.323 e. The summed E-state index contributed by atoms with van der Waals surface area (Å²) >= 11 is 0. The minimum atomic E-state index is -1.59. The fourth-order valence-corrected chi connectivity index (χ4v) is 6.08. The molecular weight excluding hydrogens is 412 g/mol. The van der Waals surface area contributed by atoms with Gasteiger partial charge < -0.3 is 14.2 Å². The van der Waals surface area contributed by atoms with E-state index in [0.717, 1.165) is 5.56 Å². The normalized spacial score (nSPS) is 25.8. The van der Waals surface area contributed by atoms with Crippen molar-refractivity contribution in [3.05, 3.63) is 58.6 Å². The number of ketones is 2. The van der Waals surface area contributed by atoms with E-state index >= 15 is 0 Å². The second-order valence-electron chi connectivity index (χ2n) is 8.79. The Labute approximate surface area is 186 Å². The minimum absolute atomic E-state index is 0.0566. The summed E-state index contributed by atoms with van der Waals surface area (Å²) in [6, 6.07) is 9.57. The lowest BCUT2D eigenvalue weighted by molar-refractivity contribution is -0.169. The molecule has 0 radical (unpaired) electrons. The van der Waals surface area contributed by atoms with Crippen LogP contribution in [0.3, 0.4) is 0 Å². The van der Waals surface area contributed by atoms with Crippen LogP contribution in [-0.2, 0) is 39.8 Å². The van der Waals surface area contributed by atoms with Crippen LogP contribution < -0.4 is 0 Å². The first-order valence-corrected chi connectivity index (χ1v) is 10.6. The summed E-state index contributed by atoms with van der Waals surface area (Å²) in [7, 11) is 2.44. The number of Topliss-reactive ketones (excluding diaryl/α,β-unsaturated/α-hetero) is 2. The highest BCUT2D eigenvalue weighted by molar-refractivity contribution is 6.09. The number of rotatable bonds is 5. The largest absolute Gasteiger partial charge is 0.468 e. The summed E-state index contributed by atoms with van der Waals surface area (Å²) in [5, 5.41) is 0. The third kappa shape index (κ3) is 2.94. The van der Waals surface area contributed by atoms with Gasteiger partial charge in [-0.15, -0.1) is 0 Å². The maximum Gasteiger partial charge on any atom is 0.323 e. The van der Waals surface area contributed by atoms with E-state index in [0.29, 0.717) is 29.1 Å². The molecule has 1 aliphatic heterocycles. The molecule has 4 rings (SSSR count). The molecule has 1 spiro atoms. The van der Waals surface area contributed by atoms with Crippen LogP contribution >= 0.6 is 0 Å². The van der Waals surface area contributed by atoms with Gasteiger partial charge in [0.2, 0.25) is 0 Å². The molecule has 0 amide bonds. The number of hydrogen-bond donors (Lipinski definition) is 0. The molecule has 0 bridgehead atoms. The third-order valence-electron chi connectivity index (χ3n) is 7.09. The van der Waals surface area contributed by atoms with Crippen LogP contribution in [0.25, 0.3) is 0 Å². The highest BCUT2D eigenvalue weighted by Crippen LogP contribution is 2.68. The summed E-state index contributed by atoms with van der Waals surface area (Å²) in [4.78, 5) is 51.9. The zero-order valence-electron chi connectivity index (χ0n) is 18.7. The van der Waals surface area contributed by atoms with Crippen LogP contribution in [-0.4, -0.2) is 37.7 Å². The van der Waals surface area contributed by atoms with Crippen LogP contribution in [0.2, 0.25) is 0 Å². The maximum atomic E-state index is 13.3. The summed E-state index contributed by atoms with van der Waals surface area (Å²) in [6.07, 6.45) is 0.502. The van der Waals surface area contributed by atoms with Crippen LogP contribution in [0, 0.1) is 16.7 Å². The number of esters is 2. The van der Waals surface area contributed by atoms with Crippen molar-refractivity contribution in [3.63, 3.8) is 0 Å². The van der Waals surface area contributed by atoms with Crippen LogP contribution in [0.5, 0.6) is 0 Å². The topological polar surface area (TPSA) is 96.0 Å². The Bertz CT molecular complexity index is 1060. The van der Waals surface area contributed by atoms with Crippen molar-refractivity contribution in [1.29, 1.82) is 0 Å². The molecule has 1 aromatic carbocycles. The van der Waals surface area contributed by atoms with Gasteiger partial charge in [0.1, 0.15) is 11.5 Å². The first kappa shape index (κ1) is 22.0. The lowest BCUT2D eigenvalue weighted by Gasteiger charge is -2.38. The highest BCUT2D eigenvalue weighted by Gasteiger charge is 2.71. The number of carbonyl (C=O) groups is 4. The molecule has 0 unspecified atom stereocenters. The lowest BCUT2D eigenvalue weighted by atomic mass is 9.66. The average Bonchev–Trinajstić information content (AvgIpc) is 3.21. The van der Waals surface area contributed by atoms with Gasteiger partial charge in [0.25, 0.3) is 0 Å². The molecule has 0 aromatic heterocycles. The Morgan fingerprint density at radius 2 is 1.72 bits per heavy atom. The second-order valence-corrected chi connectivity index (χ2v) is 8.79. The Morgan fingerprint density at radius 1 is 1.09 bits per heavy atom. The van der Waals surface area contributed by atoms with Crippen LogP contribution in [0.4, 0.5) is 0 Å². The zero-order valence-corrected chi connectivity index (χ0v) is 18.7. The maximum absolute atomic E-state index is 13.3. The third-order valence-corrected chi connectivity index (χ3v) is 7.09. The molecule has 0 saturated heterocycles. The lowest BCUT2D eigenvalue weighted by Crippen LogP contribution is -2.42. The van der Waals surface area contributed by atoms with E-state index in [1.54, 1.807) is 6.92 Å². The summed E-state index contributed by atoms with van der Waals surface area (Å²) in [5.74, 6) is -1.33. The molecule has 2 aliphatic carbocycles. The number of methoxy groups -OCH3 is 2. The fraction of sp³-hybridized carbons (Fsp3) is 0.440. The standard InChI is InChI=1S/C25H26O7/c1-14(26)20-15(2)32-19(10-16-8-6-5-7-9-16)21-18(27)11-17-12-24(22(28)30-3,23(29)31-4)13-25(17,20)21/h5-9,17H,10-13H2,1-4H3/t17-,25+/m0/s1. The van der Waals surface area contributed by atoms with E-state index in [9.17, 15) is 19.2 Å². The predicted molar refractivity (Wildman–Crippen MR) is 113 cm³/mol. The predicted octanol–water partition coefficient (Wildman–Crippen LogP) is 3.08. The molecule has 1 heterocycles. The Balaban J connectivity index is 1.94. The molecule has 2 fully saturated rings. The summed E-state index contributed by atoms with van der Waals surface area (Å²) < 4.78 is 16.1. The van der Waals surface area contributed by atoms with Crippen molar-refractivity contribution in [3.8, 4) is 0 Å². The molecule has 1 aromatic rings. The van der Waals surface area contributed by atoms with Crippen molar-refractivity contribution < 1.29 is 33.4 Å². The van der Waals surface area contributed by atoms with Gasteiger partial charge in [-0.2, -0.15) is 0 Å². The van der Waals surface area contributed by atoms with E-state index in [4.69, 9.17) is 14.2 Å². The van der Waals surface area contributed by atoms with Gasteiger partial charge >= 0.3 is 11.9 Å². The van der Waals surface area contributed by atoms with E-state index in [-0.39, 0.29) is 30.8 Å². The fourth-order valence-electron chi connectivity index (χ4n) is 6.08. The molecule has 3 aliphatic rings. The minimum Gasteiger partial charge on any atom is -0.468 e. The van der Waals surface area contributed by atoms with Crippen LogP contribution in [0.1, 0.15) is 38.7 Å². The number of carbonyl (C=O) groups excluding carboxylic acids is 4. The van der Waals surface area contributed by atoms with E-state index in [1.165, 1.54) is 21.1 Å². The molecule has 2 saturated carbocycles. The summed E-state index contributed by atoms with van der Waals surface area (Å²) in [5.41, 5.74) is -0.967. The van der Waals surface area contributed by atoms with E-state index in [1.807, 2.05) is 30.3 Å². The van der Waals surface area contributed by atoms with Gasteiger partial charge in [-0.25, -0.2) is 0 Å². The SMILES string of the molecule is COC(=O)C1(C(=O)OC)C[C@@H]2CC(=O)C3=C(Cc4ccccc4)OC(C)=C(C(C)=O)[C@]32C1. The van der Waals surface area contributed by atoms with Crippen molar-refractivity contribution in [2.24, 2.45) is 16.7 Å². The van der Waals surface area contributed by atoms with E-state index < -0.39 is 28.7 Å². The van der Waals surface area contributed by atoms with Gasteiger partial charge in [0.15, 0.2) is 17.0 Å². The number of benzene rings is 1. The first-order chi connectivity index (χ1) is 15.2. The Kier molecular flexibility index (Phi) is 5.31. The number of hydrogen-bond acceptors (Lipinski definition) is 7. The molecule has 32 heavy (non-hydrogen) atoms. The summed E-state index contributed by atoms with van der Waals surface area (Å²) in [6.45, 7) is 3.12. The van der Waals surface area contributed by atoms with Gasteiger partial charge in [-0.3, -0.25) is 19.2 Å². The number of ether oxygens (including phenoxy) is 3. The van der Waals surface area contributed by atoms with Gasteiger partial charge in [-0.1, -0.05) is 30.3 Å². The second kappa shape index (κ2) is 7.73. The quantitative estimate of drug-likeness (QED) is 0.515. The molecule has 2 atom stereocenters. The highest BCUT2D eigenvalue weighted by atomic mass is 16.5. The Hall–Kier alpha value is -3.22. The zero-order chi connectivity index (χ0) is 23.3. The van der Waals surface area contributed by atoms with Gasteiger partial charge in [0, 0.05) is 29.4 Å². The monoisotopic (exact) mass is 438 g/mol. The van der Waals surface area contributed by atoms with Crippen LogP contribution in [0.15, 0.2) is 53.0 Å². The molecule has 168 valence electrons. The van der Waals surface area contributed by atoms with Crippen molar-refractivity contribution in [1.82, 2.24) is 0 Å². The van der Waals surface area contributed by atoms with Gasteiger partial charge in [0.05, 0.1) is 14.2 Å². The first-order valence-electron chi connectivity index (χ1n) is 10.6.